The molecule has 61 heavy (non-hydrogen) atoms. The van der Waals surface area contributed by atoms with Crippen LogP contribution in [0.2, 0.25) is 0 Å². The van der Waals surface area contributed by atoms with Crippen molar-refractivity contribution in [3.63, 3.8) is 0 Å². The number of amides is 9. The van der Waals surface area contributed by atoms with E-state index in [2.05, 4.69) is 42.5 Å². The number of carboxylic acid groups (broad SMARTS) is 1. The Bertz CT molecular complexity index is 1550. The lowest BCUT2D eigenvalue weighted by atomic mass is 9.99. The molecule has 0 aliphatic rings. The molecule has 9 amide bonds. The van der Waals surface area contributed by atoms with Crippen molar-refractivity contribution in [2.75, 3.05) is 6.61 Å². The van der Waals surface area contributed by atoms with Gasteiger partial charge in [-0.05, 0) is 63.7 Å². The molecule has 22 nitrogen and oxygen atoms in total. The minimum absolute atomic E-state index is 0.0325. The van der Waals surface area contributed by atoms with Crippen molar-refractivity contribution < 1.29 is 58.2 Å². The Morgan fingerprint density at radius 2 is 0.787 bits per heavy atom. The molecular weight excluding hydrogens is 800 g/mol. The molecule has 0 radical (unpaired) electrons. The number of primary amides is 1. The maximum Gasteiger partial charge on any atom is 0.326 e. The summed E-state index contributed by atoms with van der Waals surface area (Å²) in [6, 6.07) is -11.6. The number of nitrogens with one attached hydrogen (secondary N) is 8. The SMILES string of the molecule is CC(C)C[C@H](NC(=O)[C@@H](NC(=O)[C@H](C)NC(=O)[C@H](CO)NC(=O)[C@H](CC(N)=O)NC(=O)[C@H](CC(C)C)NC(=O)[C@H](CC(C)C)NC(=O)[C@H](C)NC(=O)[C@H](C)N)C(C)C)C(=O)O. The Labute approximate surface area is 357 Å². The number of carbonyl (C=O) groups excluding carboxylic acids is 9. The predicted molar refractivity (Wildman–Crippen MR) is 222 cm³/mol. The summed E-state index contributed by atoms with van der Waals surface area (Å²) in [6.07, 6.45) is -0.462. The maximum atomic E-state index is 13.7. The highest BCUT2D eigenvalue weighted by molar-refractivity contribution is 5.99. The first kappa shape index (κ1) is 55.6. The molecule has 0 aromatic carbocycles. The molecular formula is C39H70N10O12. The first-order valence-electron chi connectivity index (χ1n) is 20.4. The third kappa shape index (κ3) is 21.1. The summed E-state index contributed by atoms with van der Waals surface area (Å²) in [6.45, 7) is 17.0. The highest BCUT2D eigenvalue weighted by Crippen LogP contribution is 2.11. The second kappa shape index (κ2) is 26.7. The summed E-state index contributed by atoms with van der Waals surface area (Å²) in [7, 11) is 0. The number of nitrogens with two attached hydrogens (primary N) is 2. The van der Waals surface area contributed by atoms with E-state index in [0.29, 0.717) is 0 Å². The molecule has 0 unspecified atom stereocenters. The Morgan fingerprint density at radius 1 is 0.443 bits per heavy atom. The minimum Gasteiger partial charge on any atom is -0.480 e. The van der Waals surface area contributed by atoms with Gasteiger partial charge in [0.2, 0.25) is 53.2 Å². The Hall–Kier alpha value is -5.38. The average Bonchev–Trinajstić information content (AvgIpc) is 3.13. The predicted octanol–water partition coefficient (Wildman–Crippen LogP) is -3.00. The van der Waals surface area contributed by atoms with E-state index in [0.717, 1.165) is 0 Å². The third-order valence-corrected chi connectivity index (χ3v) is 9.02. The van der Waals surface area contributed by atoms with E-state index in [9.17, 15) is 58.2 Å². The molecule has 0 bridgehead atoms. The summed E-state index contributed by atoms with van der Waals surface area (Å²) in [4.78, 5) is 129. The van der Waals surface area contributed by atoms with Gasteiger partial charge in [-0.2, -0.15) is 0 Å². The van der Waals surface area contributed by atoms with Gasteiger partial charge in [-0.25, -0.2) is 4.79 Å². The van der Waals surface area contributed by atoms with Crippen LogP contribution in [-0.4, -0.2) is 130 Å². The largest absolute Gasteiger partial charge is 0.480 e. The zero-order valence-corrected chi connectivity index (χ0v) is 37.2. The first-order valence-corrected chi connectivity index (χ1v) is 20.4. The molecule has 0 aromatic heterocycles. The van der Waals surface area contributed by atoms with Gasteiger partial charge in [-0.3, -0.25) is 43.2 Å². The van der Waals surface area contributed by atoms with Gasteiger partial charge < -0.3 is 64.2 Å². The normalized spacial score (nSPS) is 15.8. The summed E-state index contributed by atoms with van der Waals surface area (Å²) >= 11 is 0. The van der Waals surface area contributed by atoms with Crippen LogP contribution in [0.5, 0.6) is 0 Å². The van der Waals surface area contributed by atoms with Crippen LogP contribution in [0.3, 0.4) is 0 Å². The first-order chi connectivity index (χ1) is 28.1. The third-order valence-electron chi connectivity index (χ3n) is 9.02. The van der Waals surface area contributed by atoms with E-state index in [1.54, 1.807) is 55.4 Å². The summed E-state index contributed by atoms with van der Waals surface area (Å²) < 4.78 is 0. The highest BCUT2D eigenvalue weighted by Gasteiger charge is 2.35. The van der Waals surface area contributed by atoms with E-state index >= 15 is 0 Å². The molecule has 0 saturated heterocycles. The lowest BCUT2D eigenvalue weighted by Crippen LogP contribution is -2.61. The van der Waals surface area contributed by atoms with Crippen molar-refractivity contribution in [3.05, 3.63) is 0 Å². The molecule has 0 aromatic rings. The molecule has 22 heteroatoms. The van der Waals surface area contributed by atoms with Crippen molar-refractivity contribution >= 4 is 59.1 Å². The van der Waals surface area contributed by atoms with Crippen molar-refractivity contribution in [3.8, 4) is 0 Å². The van der Waals surface area contributed by atoms with Crippen molar-refractivity contribution in [1.29, 1.82) is 0 Å². The monoisotopic (exact) mass is 871 g/mol. The van der Waals surface area contributed by atoms with E-state index in [1.165, 1.54) is 20.8 Å². The van der Waals surface area contributed by atoms with E-state index in [4.69, 9.17) is 11.5 Å². The van der Waals surface area contributed by atoms with Crippen LogP contribution >= 0.6 is 0 Å². The van der Waals surface area contributed by atoms with Crippen molar-refractivity contribution in [1.82, 2.24) is 42.5 Å². The van der Waals surface area contributed by atoms with Gasteiger partial charge in [0.15, 0.2) is 0 Å². The second-order valence-corrected chi connectivity index (χ2v) is 16.9. The number of aliphatic carboxylic acids is 1. The fraction of sp³-hybridized carbons (Fsp3) is 0.744. The van der Waals surface area contributed by atoms with Crippen LogP contribution in [0.1, 0.15) is 102 Å². The zero-order chi connectivity index (χ0) is 47.5. The van der Waals surface area contributed by atoms with Gasteiger partial charge in [-0.1, -0.05) is 55.4 Å². The van der Waals surface area contributed by atoms with Crippen molar-refractivity contribution in [2.45, 2.75) is 156 Å². The topological polar surface area (TPSA) is 359 Å². The number of aliphatic hydroxyl groups is 1. The lowest BCUT2D eigenvalue weighted by Gasteiger charge is -2.28. The van der Waals surface area contributed by atoms with Crippen LogP contribution < -0.4 is 54.0 Å². The van der Waals surface area contributed by atoms with Crippen LogP contribution in [-0.2, 0) is 47.9 Å². The van der Waals surface area contributed by atoms with Crippen molar-refractivity contribution in [2.24, 2.45) is 35.1 Å². The number of rotatable bonds is 27. The quantitative estimate of drug-likeness (QED) is 0.0392. The van der Waals surface area contributed by atoms with Gasteiger partial charge in [0.25, 0.3) is 0 Å². The highest BCUT2D eigenvalue weighted by atomic mass is 16.4. The molecule has 14 N–H and O–H groups in total. The molecule has 0 fully saturated rings. The van der Waals surface area contributed by atoms with Crippen LogP contribution in [0.15, 0.2) is 0 Å². The summed E-state index contributed by atoms with van der Waals surface area (Å²) in [5.41, 5.74) is 10.9. The van der Waals surface area contributed by atoms with Crippen LogP contribution in [0.25, 0.3) is 0 Å². The molecule has 0 spiro atoms. The molecule has 0 heterocycles. The second-order valence-electron chi connectivity index (χ2n) is 16.9. The molecule has 0 aliphatic carbocycles. The van der Waals surface area contributed by atoms with E-state index in [-0.39, 0.29) is 37.0 Å². The number of hydrogen-bond donors (Lipinski definition) is 12. The summed E-state index contributed by atoms with van der Waals surface area (Å²) in [5.74, 6) is -9.93. The van der Waals surface area contributed by atoms with E-state index < -0.39 is 132 Å². The molecule has 9 atom stereocenters. The van der Waals surface area contributed by atoms with Gasteiger partial charge in [0.05, 0.1) is 19.1 Å². The summed E-state index contributed by atoms with van der Waals surface area (Å²) in [5, 5.41) is 39.0. The fourth-order valence-electron chi connectivity index (χ4n) is 5.68. The molecule has 0 saturated carbocycles. The van der Waals surface area contributed by atoms with Gasteiger partial charge >= 0.3 is 5.97 Å². The number of carboxylic acids is 1. The average molecular weight is 871 g/mol. The molecule has 0 aliphatic heterocycles. The van der Waals surface area contributed by atoms with E-state index in [1.807, 2.05) is 0 Å². The van der Waals surface area contributed by atoms with Gasteiger partial charge in [-0.15, -0.1) is 0 Å². The standard InChI is InChI=1S/C39H70N10O12/c1-17(2)12-24(44-32(53)22(10)42-31(52)21(9)40)34(55)45-25(13-18(3)4)35(56)46-26(15-29(41)51)36(57)48-28(16-50)37(58)43-23(11)33(54)49-30(20(7)8)38(59)47-27(39(60)61)14-19(5)6/h17-28,30,50H,12-16,40H2,1-11H3,(H2,41,51)(H,42,52)(H,43,58)(H,44,53)(H,45,55)(H,46,56)(H,47,59)(H,48,57)(H,49,54)(H,60,61)/t21-,22-,23-,24-,25-,26-,27-,28-,30-/m0/s1. The maximum absolute atomic E-state index is 13.7. The molecule has 0 rings (SSSR count). The molecule has 348 valence electrons. The van der Waals surface area contributed by atoms with Crippen LogP contribution in [0, 0.1) is 23.7 Å². The lowest BCUT2D eigenvalue weighted by molar-refractivity contribution is -0.143. The zero-order valence-electron chi connectivity index (χ0n) is 37.2. The Kier molecular flexibility index (Phi) is 24.4. The number of carbonyl (C=O) groups is 10. The Balaban J connectivity index is 6.03. The smallest absolute Gasteiger partial charge is 0.326 e. The van der Waals surface area contributed by atoms with Gasteiger partial charge in [0.1, 0.15) is 48.3 Å². The number of aliphatic hydroxyl groups excluding tert-OH is 1. The minimum atomic E-state index is -1.72. The van der Waals surface area contributed by atoms with Crippen LogP contribution in [0.4, 0.5) is 0 Å². The number of hydrogen-bond acceptors (Lipinski definition) is 12. The fourth-order valence-corrected chi connectivity index (χ4v) is 5.68. The Morgan fingerprint density at radius 3 is 1.18 bits per heavy atom. The van der Waals surface area contributed by atoms with Gasteiger partial charge in [0, 0.05) is 0 Å².